The number of carboxylic acid groups (broad SMARTS) is 1. The van der Waals surface area contributed by atoms with E-state index in [2.05, 4.69) is 4.85 Å². The highest BCUT2D eigenvalue weighted by Gasteiger charge is 2.15. The maximum atomic E-state index is 11.2. The van der Waals surface area contributed by atoms with E-state index in [-0.39, 0.29) is 32.1 Å². The van der Waals surface area contributed by atoms with Crippen molar-refractivity contribution in [2.75, 3.05) is 67.3 Å². The SMILES string of the molecule is [C-]#[N+]/C(=C\c1ccc(N(c2ccc(N(CCO)CCO)cc2)c2ccc(N(CCO)CCO)cc2)cc1)C(=O)O. The number of aliphatic hydroxyl groups excluding tert-OH is 4. The molecule has 0 aliphatic heterocycles. The first kappa shape index (κ1) is 30.1. The molecule has 0 aliphatic rings. The molecule has 0 saturated carbocycles. The van der Waals surface area contributed by atoms with Crippen LogP contribution >= 0.6 is 0 Å². The number of rotatable bonds is 15. The van der Waals surface area contributed by atoms with E-state index in [9.17, 15) is 30.3 Å². The molecule has 0 unspecified atom stereocenters. The first-order valence-corrected chi connectivity index (χ1v) is 12.8. The Labute approximate surface area is 233 Å². The Hall–Kier alpha value is -4.40. The Morgan fingerprint density at radius 1 is 0.625 bits per heavy atom. The third-order valence-electron chi connectivity index (χ3n) is 6.22. The zero-order chi connectivity index (χ0) is 28.9. The molecule has 3 aromatic carbocycles. The summed E-state index contributed by atoms with van der Waals surface area (Å²) in [5.41, 5.74) is 4.38. The zero-order valence-electron chi connectivity index (χ0n) is 22.1. The van der Waals surface area contributed by atoms with Crippen molar-refractivity contribution in [3.05, 3.63) is 95.5 Å². The molecule has 0 amide bonds. The topological polar surface area (TPSA) is 132 Å². The Morgan fingerprint density at radius 3 is 1.25 bits per heavy atom. The highest BCUT2D eigenvalue weighted by atomic mass is 16.4. The Balaban J connectivity index is 2.02. The fourth-order valence-electron chi connectivity index (χ4n) is 4.31. The first-order valence-electron chi connectivity index (χ1n) is 12.8. The van der Waals surface area contributed by atoms with Crippen molar-refractivity contribution in [3.63, 3.8) is 0 Å². The molecule has 40 heavy (non-hydrogen) atoms. The Bertz CT molecular complexity index is 1220. The molecule has 10 heteroatoms. The largest absolute Gasteiger partial charge is 0.486 e. The van der Waals surface area contributed by atoms with Gasteiger partial charge in [0.15, 0.2) is 0 Å². The minimum absolute atomic E-state index is 0.0400. The van der Waals surface area contributed by atoms with Gasteiger partial charge in [-0.25, -0.2) is 4.85 Å². The van der Waals surface area contributed by atoms with Crippen LogP contribution in [0.15, 0.2) is 78.5 Å². The molecule has 0 heterocycles. The van der Waals surface area contributed by atoms with Gasteiger partial charge in [-0.15, -0.1) is 0 Å². The number of hydrogen-bond acceptors (Lipinski definition) is 8. The lowest BCUT2D eigenvalue weighted by Crippen LogP contribution is -2.29. The molecule has 0 saturated heterocycles. The molecule has 5 N–H and O–H groups in total. The minimum Gasteiger partial charge on any atom is -0.486 e. The number of hydrogen-bond donors (Lipinski definition) is 5. The molecule has 0 aromatic heterocycles. The van der Waals surface area contributed by atoms with E-state index in [0.717, 1.165) is 28.4 Å². The molecule has 3 aromatic rings. The van der Waals surface area contributed by atoms with Crippen LogP contribution in [0, 0.1) is 6.57 Å². The standard InChI is InChI=1S/C30H34N4O6/c1-31-29(30(39)40)22-23-2-4-26(5-3-23)34(27-10-6-24(7-11-27)32(14-18-35)15-19-36)28-12-8-25(9-13-28)33(16-20-37)17-21-38/h2-13,22,35-38H,14-21H2,(H,39,40)/b29-22-. The number of carbonyl (C=O) groups is 1. The van der Waals surface area contributed by atoms with Gasteiger partial charge in [-0.2, -0.15) is 0 Å². The first-order chi connectivity index (χ1) is 19.4. The average molecular weight is 547 g/mol. The van der Waals surface area contributed by atoms with Gasteiger partial charge in [-0.1, -0.05) is 12.1 Å². The van der Waals surface area contributed by atoms with Crippen molar-refractivity contribution in [1.82, 2.24) is 0 Å². The van der Waals surface area contributed by atoms with Gasteiger partial charge in [-0.05, 0) is 72.3 Å². The lowest BCUT2D eigenvalue weighted by Gasteiger charge is -2.28. The molecule has 10 nitrogen and oxygen atoms in total. The van der Waals surface area contributed by atoms with Crippen molar-refractivity contribution in [2.24, 2.45) is 0 Å². The molecule has 0 radical (unpaired) electrons. The van der Waals surface area contributed by atoms with Crippen LogP contribution in [-0.4, -0.2) is 84.1 Å². The monoisotopic (exact) mass is 546 g/mol. The van der Waals surface area contributed by atoms with Crippen molar-refractivity contribution in [2.45, 2.75) is 0 Å². The van der Waals surface area contributed by atoms with E-state index >= 15 is 0 Å². The summed E-state index contributed by atoms with van der Waals surface area (Å²) in [7, 11) is 0. The van der Waals surface area contributed by atoms with Gasteiger partial charge in [0.25, 0.3) is 5.70 Å². The van der Waals surface area contributed by atoms with E-state index < -0.39 is 5.97 Å². The highest BCUT2D eigenvalue weighted by Crippen LogP contribution is 2.36. The van der Waals surface area contributed by atoms with Gasteiger partial charge in [0, 0.05) is 54.6 Å². The molecule has 0 spiro atoms. The summed E-state index contributed by atoms with van der Waals surface area (Å²) >= 11 is 0. The smallest absolute Gasteiger partial charge is 0.333 e. The second-order valence-electron chi connectivity index (χ2n) is 8.77. The fourth-order valence-corrected chi connectivity index (χ4v) is 4.31. The predicted molar refractivity (Wildman–Crippen MR) is 156 cm³/mol. The summed E-state index contributed by atoms with van der Waals surface area (Å²) in [5.74, 6) is -1.28. The second kappa shape index (κ2) is 15.3. The Kier molecular flexibility index (Phi) is 11.5. The van der Waals surface area contributed by atoms with Gasteiger partial charge in [0.2, 0.25) is 0 Å². The molecule has 0 atom stereocenters. The number of nitrogens with zero attached hydrogens (tertiary/aromatic N) is 4. The van der Waals surface area contributed by atoms with Crippen molar-refractivity contribution in [3.8, 4) is 0 Å². The number of aliphatic carboxylic acids is 1. The lowest BCUT2D eigenvalue weighted by atomic mass is 10.1. The number of anilines is 5. The molecule has 0 fully saturated rings. The van der Waals surface area contributed by atoms with E-state index in [1.54, 1.807) is 12.1 Å². The molecule has 3 rings (SSSR count). The molecular formula is C30H34N4O6. The van der Waals surface area contributed by atoms with Crippen LogP contribution in [0.1, 0.15) is 5.56 Å². The van der Waals surface area contributed by atoms with Gasteiger partial charge in [-0.3, -0.25) is 4.79 Å². The molecule has 210 valence electrons. The summed E-state index contributed by atoms with van der Waals surface area (Å²) < 4.78 is 0. The summed E-state index contributed by atoms with van der Waals surface area (Å²) in [5, 5.41) is 46.8. The maximum Gasteiger partial charge on any atom is 0.333 e. The van der Waals surface area contributed by atoms with Crippen LogP contribution in [0.25, 0.3) is 10.9 Å². The van der Waals surface area contributed by atoms with E-state index in [1.807, 2.05) is 75.4 Å². The van der Waals surface area contributed by atoms with Crippen molar-refractivity contribution in [1.29, 1.82) is 0 Å². The van der Waals surface area contributed by atoms with Gasteiger partial charge >= 0.3 is 5.97 Å². The molecule has 0 bridgehead atoms. The van der Waals surface area contributed by atoms with E-state index in [4.69, 9.17) is 6.57 Å². The van der Waals surface area contributed by atoms with Crippen LogP contribution in [0.3, 0.4) is 0 Å². The van der Waals surface area contributed by atoms with Gasteiger partial charge in [0.1, 0.15) is 0 Å². The maximum absolute atomic E-state index is 11.2. The van der Waals surface area contributed by atoms with Crippen LogP contribution in [-0.2, 0) is 4.79 Å². The predicted octanol–water partition coefficient (Wildman–Crippen LogP) is 3.08. The number of carboxylic acids is 1. The third kappa shape index (κ3) is 7.81. The molecular weight excluding hydrogens is 512 g/mol. The minimum atomic E-state index is -1.28. The average Bonchev–Trinajstić information content (AvgIpc) is 2.97. The summed E-state index contributed by atoms with van der Waals surface area (Å²) in [6.45, 7) is 8.48. The van der Waals surface area contributed by atoms with Crippen molar-refractivity contribution < 1.29 is 30.3 Å². The number of benzene rings is 3. The highest BCUT2D eigenvalue weighted by molar-refractivity contribution is 5.94. The van der Waals surface area contributed by atoms with Crippen LogP contribution in [0.5, 0.6) is 0 Å². The van der Waals surface area contributed by atoms with Crippen LogP contribution < -0.4 is 14.7 Å². The normalized spacial score (nSPS) is 11.1. The van der Waals surface area contributed by atoms with Gasteiger partial charge < -0.3 is 40.2 Å². The van der Waals surface area contributed by atoms with Crippen LogP contribution in [0.4, 0.5) is 28.4 Å². The summed E-state index contributed by atoms with van der Waals surface area (Å²) in [4.78, 5) is 20.1. The van der Waals surface area contributed by atoms with E-state index in [1.165, 1.54) is 6.08 Å². The van der Waals surface area contributed by atoms with Crippen molar-refractivity contribution >= 4 is 40.5 Å². The molecule has 0 aliphatic carbocycles. The third-order valence-corrected chi connectivity index (χ3v) is 6.22. The fraction of sp³-hybridized carbons (Fsp3) is 0.267. The lowest BCUT2D eigenvalue weighted by molar-refractivity contribution is -0.132. The van der Waals surface area contributed by atoms with Crippen LogP contribution in [0.2, 0.25) is 0 Å². The van der Waals surface area contributed by atoms with E-state index in [0.29, 0.717) is 31.7 Å². The zero-order valence-corrected chi connectivity index (χ0v) is 22.1. The van der Waals surface area contributed by atoms with Gasteiger partial charge in [0.05, 0.1) is 33.0 Å². The summed E-state index contributed by atoms with van der Waals surface area (Å²) in [6, 6.07) is 22.6. The number of aliphatic hydroxyl groups is 4. The summed E-state index contributed by atoms with van der Waals surface area (Å²) in [6.07, 6.45) is 1.32. The quantitative estimate of drug-likeness (QED) is 0.144. The Morgan fingerprint density at radius 2 is 0.950 bits per heavy atom. The second-order valence-corrected chi connectivity index (χ2v) is 8.77.